The fourth-order valence-electron chi connectivity index (χ4n) is 6.38. The van der Waals surface area contributed by atoms with Gasteiger partial charge in [-0.3, -0.25) is 0 Å². The molecule has 0 bridgehead atoms. The van der Waals surface area contributed by atoms with Gasteiger partial charge in [-0.25, -0.2) is 0 Å². The summed E-state index contributed by atoms with van der Waals surface area (Å²) < 4.78 is 34.3. The van der Waals surface area contributed by atoms with Crippen LogP contribution in [0.5, 0.6) is 0 Å². The first-order valence-electron chi connectivity index (χ1n) is 14.3. The van der Waals surface area contributed by atoms with Gasteiger partial charge in [-0.05, 0) is 104 Å². The number of rotatable bonds is 10. The van der Waals surface area contributed by atoms with Crippen LogP contribution in [0.1, 0.15) is 112 Å². The number of ether oxygens (including phenoxy) is 1. The SMILES string of the molecule is CC=CC1CCC(c2ccc(COC(F)(F)Cc3ccc(C4CCC(CCC)CC4)cc3)cc2)CC1. The van der Waals surface area contributed by atoms with E-state index < -0.39 is 6.11 Å². The van der Waals surface area contributed by atoms with Gasteiger partial charge in [-0.15, -0.1) is 0 Å². The van der Waals surface area contributed by atoms with Crippen LogP contribution in [0.15, 0.2) is 60.7 Å². The van der Waals surface area contributed by atoms with Gasteiger partial charge in [-0.2, -0.15) is 8.78 Å². The van der Waals surface area contributed by atoms with E-state index in [-0.39, 0.29) is 13.0 Å². The quantitative estimate of drug-likeness (QED) is 0.299. The first-order valence-corrected chi connectivity index (χ1v) is 14.3. The van der Waals surface area contributed by atoms with Gasteiger partial charge < -0.3 is 4.74 Å². The van der Waals surface area contributed by atoms with Crippen molar-refractivity contribution in [3.05, 3.63) is 82.9 Å². The third kappa shape index (κ3) is 7.75. The minimum atomic E-state index is -3.18. The third-order valence-electron chi connectivity index (χ3n) is 8.54. The molecule has 0 saturated heterocycles. The Morgan fingerprint density at radius 1 is 0.778 bits per heavy atom. The van der Waals surface area contributed by atoms with Crippen LogP contribution >= 0.6 is 0 Å². The molecule has 0 aromatic heterocycles. The highest BCUT2D eigenvalue weighted by molar-refractivity contribution is 5.27. The van der Waals surface area contributed by atoms with Crippen molar-refractivity contribution in [1.82, 2.24) is 0 Å². The summed E-state index contributed by atoms with van der Waals surface area (Å²) in [6, 6.07) is 16.0. The lowest BCUT2D eigenvalue weighted by Gasteiger charge is -2.28. The van der Waals surface area contributed by atoms with E-state index in [2.05, 4.69) is 50.3 Å². The largest absolute Gasteiger partial charge is 0.360 e. The van der Waals surface area contributed by atoms with E-state index in [1.165, 1.54) is 75.3 Å². The van der Waals surface area contributed by atoms with Crippen molar-refractivity contribution in [3.63, 3.8) is 0 Å². The molecule has 4 rings (SSSR count). The standard InChI is InChI=1S/C33H44F2O/c1-3-5-25-7-15-29(16-8-25)31-19-11-27(12-20-31)23-33(34,35)36-24-28-13-21-32(22-14-28)30-17-9-26(6-4-2)10-18-30/h4,6,11-14,19-22,25-26,29-30H,3,5,7-10,15-18,23-24H2,1-2H3. The Balaban J connectivity index is 1.23. The minimum Gasteiger partial charge on any atom is -0.315 e. The van der Waals surface area contributed by atoms with Crippen LogP contribution in [0.4, 0.5) is 8.78 Å². The molecule has 2 aromatic carbocycles. The monoisotopic (exact) mass is 494 g/mol. The second kappa shape index (κ2) is 13.0. The molecule has 0 amide bonds. The highest BCUT2D eigenvalue weighted by atomic mass is 19.3. The van der Waals surface area contributed by atoms with Crippen molar-refractivity contribution < 1.29 is 13.5 Å². The zero-order valence-electron chi connectivity index (χ0n) is 22.2. The van der Waals surface area contributed by atoms with Crippen molar-refractivity contribution in [2.45, 2.75) is 109 Å². The number of allylic oxidation sites excluding steroid dienone is 2. The van der Waals surface area contributed by atoms with Crippen molar-refractivity contribution in [2.24, 2.45) is 11.8 Å². The molecule has 36 heavy (non-hydrogen) atoms. The predicted molar refractivity (Wildman–Crippen MR) is 145 cm³/mol. The van der Waals surface area contributed by atoms with Gasteiger partial charge >= 0.3 is 6.11 Å². The highest BCUT2D eigenvalue weighted by Gasteiger charge is 2.31. The molecule has 0 heterocycles. The summed E-state index contributed by atoms with van der Waals surface area (Å²) in [4.78, 5) is 0. The number of hydrogen-bond acceptors (Lipinski definition) is 1. The first-order chi connectivity index (χ1) is 17.5. The molecule has 2 aromatic rings. The molecule has 3 heteroatoms. The molecule has 2 aliphatic rings. The minimum absolute atomic E-state index is 0.0690. The number of hydrogen-bond donors (Lipinski definition) is 0. The molecule has 0 N–H and O–H groups in total. The summed E-state index contributed by atoms with van der Waals surface area (Å²) in [6.07, 6.45) is 13.4. The van der Waals surface area contributed by atoms with Gasteiger partial charge in [0.2, 0.25) is 0 Å². The summed E-state index contributed by atoms with van der Waals surface area (Å²) in [5, 5.41) is 0. The molecule has 0 unspecified atom stereocenters. The van der Waals surface area contributed by atoms with Crippen LogP contribution in [0, 0.1) is 11.8 Å². The molecular formula is C33H44F2O. The van der Waals surface area contributed by atoms with Gasteiger partial charge in [0, 0.05) is 0 Å². The summed E-state index contributed by atoms with van der Waals surface area (Å²) in [7, 11) is 0. The average molecular weight is 495 g/mol. The molecule has 0 spiro atoms. The molecule has 0 atom stereocenters. The van der Waals surface area contributed by atoms with E-state index >= 15 is 0 Å². The maximum Gasteiger partial charge on any atom is 0.360 e. The molecule has 2 fully saturated rings. The highest BCUT2D eigenvalue weighted by Crippen LogP contribution is 2.38. The summed E-state index contributed by atoms with van der Waals surface area (Å²) in [6.45, 7) is 4.28. The number of halogens is 2. The Labute approximate surface area is 217 Å². The van der Waals surface area contributed by atoms with Gasteiger partial charge in [0.1, 0.15) is 0 Å². The zero-order valence-corrected chi connectivity index (χ0v) is 22.2. The van der Waals surface area contributed by atoms with Crippen molar-refractivity contribution in [1.29, 1.82) is 0 Å². The van der Waals surface area contributed by atoms with Crippen LogP contribution < -0.4 is 0 Å². The van der Waals surface area contributed by atoms with Crippen LogP contribution in [0.25, 0.3) is 0 Å². The molecule has 2 saturated carbocycles. The van der Waals surface area contributed by atoms with Crippen LogP contribution in [0.3, 0.4) is 0 Å². The maximum atomic E-state index is 14.6. The van der Waals surface area contributed by atoms with Gasteiger partial charge in [0.15, 0.2) is 0 Å². The van der Waals surface area contributed by atoms with E-state index in [1.54, 1.807) is 0 Å². The van der Waals surface area contributed by atoms with Crippen LogP contribution in [-0.4, -0.2) is 6.11 Å². The second-order valence-electron chi connectivity index (χ2n) is 11.2. The summed E-state index contributed by atoms with van der Waals surface area (Å²) in [5.41, 5.74) is 4.05. The lowest BCUT2D eigenvalue weighted by molar-refractivity contribution is -0.244. The Hall–Kier alpha value is -2.00. The average Bonchev–Trinajstić information content (AvgIpc) is 2.90. The summed E-state index contributed by atoms with van der Waals surface area (Å²) >= 11 is 0. The van der Waals surface area contributed by atoms with E-state index in [9.17, 15) is 8.78 Å². The number of benzene rings is 2. The van der Waals surface area contributed by atoms with E-state index in [0.717, 1.165) is 11.5 Å². The topological polar surface area (TPSA) is 9.23 Å². The van der Waals surface area contributed by atoms with Crippen molar-refractivity contribution in [3.8, 4) is 0 Å². The lowest BCUT2D eigenvalue weighted by Crippen LogP contribution is -2.23. The molecule has 0 radical (unpaired) electrons. The fourth-order valence-corrected chi connectivity index (χ4v) is 6.38. The molecule has 2 aliphatic carbocycles. The first kappa shape index (κ1) is 27.0. The molecule has 196 valence electrons. The maximum absolute atomic E-state index is 14.6. The van der Waals surface area contributed by atoms with Crippen molar-refractivity contribution >= 4 is 0 Å². The normalized spacial score (nSPS) is 25.3. The van der Waals surface area contributed by atoms with E-state index in [0.29, 0.717) is 23.3 Å². The Morgan fingerprint density at radius 2 is 1.31 bits per heavy atom. The smallest absolute Gasteiger partial charge is 0.315 e. The second-order valence-corrected chi connectivity index (χ2v) is 11.2. The van der Waals surface area contributed by atoms with Crippen LogP contribution in [-0.2, 0) is 17.8 Å². The number of alkyl halides is 2. The molecular weight excluding hydrogens is 450 g/mol. The van der Waals surface area contributed by atoms with Gasteiger partial charge in [0.05, 0.1) is 13.0 Å². The van der Waals surface area contributed by atoms with Crippen molar-refractivity contribution in [2.75, 3.05) is 0 Å². The molecule has 0 aliphatic heterocycles. The molecule has 1 nitrogen and oxygen atoms in total. The Bertz CT molecular complexity index is 931. The lowest BCUT2D eigenvalue weighted by atomic mass is 9.77. The van der Waals surface area contributed by atoms with Gasteiger partial charge in [-0.1, -0.05) is 80.4 Å². The Morgan fingerprint density at radius 3 is 1.83 bits per heavy atom. The predicted octanol–water partition coefficient (Wildman–Crippen LogP) is 9.96. The Kier molecular flexibility index (Phi) is 9.76. The van der Waals surface area contributed by atoms with Crippen LogP contribution in [0.2, 0.25) is 0 Å². The zero-order chi connectivity index (χ0) is 25.4. The van der Waals surface area contributed by atoms with E-state index in [1.807, 2.05) is 24.3 Å². The van der Waals surface area contributed by atoms with E-state index in [4.69, 9.17) is 4.74 Å². The summed E-state index contributed by atoms with van der Waals surface area (Å²) in [5.74, 6) is 2.75. The third-order valence-corrected chi connectivity index (χ3v) is 8.54. The fraction of sp³-hybridized carbons (Fsp3) is 0.576. The van der Waals surface area contributed by atoms with Gasteiger partial charge in [0.25, 0.3) is 0 Å².